The van der Waals surface area contributed by atoms with Gasteiger partial charge in [0, 0.05) is 16.7 Å². The summed E-state index contributed by atoms with van der Waals surface area (Å²) >= 11 is 0. The smallest absolute Gasteiger partial charge is 0.215 e. The lowest BCUT2D eigenvalue weighted by atomic mass is 9.93. The Morgan fingerprint density at radius 1 is 0.265 bits per heavy atom. The lowest BCUT2D eigenvalue weighted by Crippen LogP contribution is -2.03. The second kappa shape index (κ2) is 55.8. The predicted octanol–water partition coefficient (Wildman–Crippen LogP) is 28.8. The molecule has 0 amide bonds. The summed E-state index contributed by atoms with van der Waals surface area (Å²) in [5, 5.41) is 0. The van der Waals surface area contributed by atoms with Gasteiger partial charge in [0.2, 0.25) is 11.4 Å². The van der Waals surface area contributed by atoms with Crippen molar-refractivity contribution in [3.8, 4) is 0 Å². The van der Waals surface area contributed by atoms with E-state index in [1.807, 2.05) is 0 Å². The van der Waals surface area contributed by atoms with Crippen LogP contribution in [0.25, 0.3) is 16.9 Å². The molecule has 2 heteroatoms. The maximum absolute atomic E-state index is 12.4. The van der Waals surface area contributed by atoms with Crippen LogP contribution in [-0.2, 0) is 12.8 Å². The van der Waals surface area contributed by atoms with Gasteiger partial charge in [-0.25, -0.2) is 4.70 Å². The zero-order valence-corrected chi connectivity index (χ0v) is 56.4. The number of hydrogen-bond donors (Lipinski definition) is 0. The highest BCUT2D eigenvalue weighted by atomic mass is 15.2. The molecule has 2 aromatic rings. The van der Waals surface area contributed by atoms with Crippen LogP contribution in [-0.4, -0.2) is 4.70 Å². The third-order valence-corrected chi connectivity index (χ3v) is 18.9. The molecule has 0 saturated heterocycles. The molecule has 0 N–H and O–H groups in total. The average molecular weight is 1140 g/mol. The summed E-state index contributed by atoms with van der Waals surface area (Å²) in [6, 6.07) is 18.4. The molecule has 0 bridgehead atoms. The molecule has 2 aromatic carbocycles. The molecule has 0 radical (unpaired) electrons. The summed E-state index contributed by atoms with van der Waals surface area (Å²) in [7, 11) is 0. The van der Waals surface area contributed by atoms with Gasteiger partial charge in [0.1, 0.15) is 0 Å². The molecule has 0 spiro atoms. The van der Waals surface area contributed by atoms with Crippen LogP contribution in [0.1, 0.15) is 416 Å². The van der Waals surface area contributed by atoms with E-state index in [1.165, 1.54) is 369 Å². The lowest BCUT2D eigenvalue weighted by molar-refractivity contribution is -0.345. The number of allylic oxidation sites excluding steroid dienone is 4. The minimum atomic E-state index is 0.966. The average Bonchev–Trinajstić information content (AvgIpc) is 3.83. The standard InChI is InChI=1S/C81H140N2/c1-5-9-13-16-18-20-22-24-26-28-30-32-34-35-36-37-38-40-42-44-46-48-50-52-54-56-58-61-65-79-78(64-60-15-11-7-3)80(76-70-66-74(67-71-76)62-12-8-4)83(82)81(79)77-72-68-75(69-73-77)63-59-57-55-53-51-49-47-45-43-41-39-33-31-29-27-25-23-21-19-17-14-10-6-2/h61,65-73H,5-60,62-64H2,1-4H3. The zero-order chi connectivity index (χ0) is 59.0. The van der Waals surface area contributed by atoms with Crippen LogP contribution in [0.2, 0.25) is 0 Å². The third-order valence-electron chi connectivity index (χ3n) is 18.9. The van der Waals surface area contributed by atoms with E-state index in [1.54, 1.807) is 4.70 Å². The van der Waals surface area contributed by atoms with Gasteiger partial charge in [-0.3, -0.25) is 0 Å². The summed E-state index contributed by atoms with van der Waals surface area (Å²) in [5.41, 5.74) is 21.9. The summed E-state index contributed by atoms with van der Waals surface area (Å²) in [4.78, 5) is 0. The van der Waals surface area contributed by atoms with Gasteiger partial charge in [-0.1, -0.05) is 392 Å². The monoisotopic (exact) mass is 1140 g/mol. The number of rotatable bonds is 62. The van der Waals surface area contributed by atoms with E-state index in [0.29, 0.717) is 0 Å². The van der Waals surface area contributed by atoms with Crippen molar-refractivity contribution in [1.82, 2.24) is 0 Å². The van der Waals surface area contributed by atoms with Crippen LogP contribution in [0.4, 0.5) is 0 Å². The lowest BCUT2D eigenvalue weighted by Gasteiger charge is -2.11. The van der Waals surface area contributed by atoms with E-state index in [9.17, 15) is 5.53 Å². The molecule has 0 aliphatic carbocycles. The van der Waals surface area contributed by atoms with Crippen LogP contribution < -0.4 is 0 Å². The topological polar surface area (TPSA) is 25.3 Å². The second-order valence-corrected chi connectivity index (χ2v) is 26.8. The zero-order valence-electron chi connectivity index (χ0n) is 56.4. The van der Waals surface area contributed by atoms with Crippen molar-refractivity contribution < 1.29 is 4.70 Å². The summed E-state index contributed by atoms with van der Waals surface area (Å²) < 4.78 is 1.58. The van der Waals surface area contributed by atoms with Crippen LogP contribution in [0, 0.1) is 0 Å². The first-order valence-electron chi connectivity index (χ1n) is 38.0. The molecule has 1 aliphatic heterocycles. The highest BCUT2D eigenvalue weighted by molar-refractivity contribution is 5.84. The van der Waals surface area contributed by atoms with E-state index < -0.39 is 0 Å². The molecular weight excluding hydrogens is 1000 g/mol. The molecule has 3 rings (SSSR count). The van der Waals surface area contributed by atoms with Gasteiger partial charge in [0.25, 0.3) is 0 Å². The first-order valence-corrected chi connectivity index (χ1v) is 38.0. The normalized spacial score (nSPS) is 12.9. The van der Waals surface area contributed by atoms with Crippen LogP contribution >= 0.6 is 0 Å². The van der Waals surface area contributed by atoms with Crippen molar-refractivity contribution >= 4 is 11.4 Å². The van der Waals surface area contributed by atoms with Gasteiger partial charge in [-0.2, -0.15) is 0 Å². The fourth-order valence-electron chi connectivity index (χ4n) is 13.3. The Morgan fingerprint density at radius 3 is 0.819 bits per heavy atom. The van der Waals surface area contributed by atoms with Crippen molar-refractivity contribution in [3.63, 3.8) is 0 Å². The number of benzene rings is 2. The molecule has 0 unspecified atom stereocenters. The van der Waals surface area contributed by atoms with E-state index in [2.05, 4.69) is 88.4 Å². The minimum Gasteiger partial charge on any atom is -0.493 e. The molecule has 474 valence electrons. The SMILES string of the molecule is CCCCCCCCCCCCCCCCCCCCCCCCCCCCC=CC1=C(c2ccc(CCCCCCCCCCCCCCCCCCCCCCCCC)cc2)[N+](=[N-])C(c2ccc(CCCC)cc2)=C1CCCCCC. The Hall–Kier alpha value is -2.74. The van der Waals surface area contributed by atoms with E-state index in [-0.39, 0.29) is 0 Å². The van der Waals surface area contributed by atoms with Gasteiger partial charge in [-0.15, -0.1) is 0 Å². The molecule has 0 fully saturated rings. The summed E-state index contributed by atoms with van der Waals surface area (Å²) in [5.74, 6) is 0. The first kappa shape index (κ1) is 74.5. The molecule has 0 aromatic heterocycles. The molecule has 83 heavy (non-hydrogen) atoms. The van der Waals surface area contributed by atoms with Gasteiger partial charge in [0.15, 0.2) is 0 Å². The summed E-state index contributed by atoms with van der Waals surface area (Å²) in [6.45, 7) is 9.20. The number of aryl methyl sites for hydroxylation is 2. The number of hydrogen-bond acceptors (Lipinski definition) is 0. The Bertz CT molecular complexity index is 1840. The number of unbranched alkanes of at least 4 members (excludes halogenated alkanes) is 52. The Labute approximate surface area is 519 Å². The Kier molecular flexibility index (Phi) is 50.1. The highest BCUT2D eigenvalue weighted by Crippen LogP contribution is 2.43. The first-order chi connectivity index (χ1) is 41.1. The Morgan fingerprint density at radius 2 is 0.506 bits per heavy atom. The largest absolute Gasteiger partial charge is 0.493 e. The minimum absolute atomic E-state index is 0.966. The molecule has 0 saturated carbocycles. The predicted molar refractivity (Wildman–Crippen MR) is 373 cm³/mol. The third kappa shape index (κ3) is 38.9. The second-order valence-electron chi connectivity index (χ2n) is 26.8. The fraction of sp³-hybridized carbons (Fsp3) is 0.778. The maximum atomic E-state index is 12.4. The van der Waals surface area contributed by atoms with Crippen LogP contribution in [0.3, 0.4) is 0 Å². The van der Waals surface area contributed by atoms with Gasteiger partial charge in [-0.05, 0) is 86.8 Å². The van der Waals surface area contributed by atoms with Crippen molar-refractivity contribution in [3.05, 3.63) is 99.6 Å². The molecule has 1 heterocycles. The molecule has 1 aliphatic rings. The summed E-state index contributed by atoms with van der Waals surface area (Å²) in [6.07, 6.45) is 86.7. The maximum Gasteiger partial charge on any atom is 0.215 e. The quantitative estimate of drug-likeness (QED) is 0.0466. The van der Waals surface area contributed by atoms with E-state index >= 15 is 0 Å². The van der Waals surface area contributed by atoms with E-state index in [4.69, 9.17) is 0 Å². The number of nitrogens with zero attached hydrogens (tertiary/aromatic N) is 2. The molecular formula is C81H140N2. The van der Waals surface area contributed by atoms with Crippen molar-refractivity contribution in [2.75, 3.05) is 0 Å². The van der Waals surface area contributed by atoms with Gasteiger partial charge >= 0.3 is 0 Å². The van der Waals surface area contributed by atoms with Crippen LogP contribution in [0.5, 0.6) is 0 Å². The highest BCUT2D eigenvalue weighted by Gasteiger charge is 2.34. The van der Waals surface area contributed by atoms with Crippen molar-refractivity contribution in [1.29, 1.82) is 0 Å². The fourth-order valence-corrected chi connectivity index (χ4v) is 13.3. The van der Waals surface area contributed by atoms with Gasteiger partial charge in [0.05, 0.1) is 5.57 Å². The van der Waals surface area contributed by atoms with Crippen LogP contribution in [0.15, 0.2) is 71.8 Å². The molecule has 2 nitrogen and oxygen atoms in total. The Balaban J connectivity index is 1.35. The van der Waals surface area contributed by atoms with Crippen molar-refractivity contribution in [2.24, 2.45) is 0 Å². The van der Waals surface area contributed by atoms with Gasteiger partial charge < -0.3 is 5.53 Å². The molecule has 0 atom stereocenters. The van der Waals surface area contributed by atoms with E-state index in [0.717, 1.165) is 54.6 Å². The van der Waals surface area contributed by atoms with Crippen molar-refractivity contribution in [2.45, 2.75) is 407 Å².